The van der Waals surface area contributed by atoms with Crippen LogP contribution in [0.5, 0.6) is 0 Å². The van der Waals surface area contributed by atoms with E-state index in [2.05, 4.69) is 45.2 Å². The molecule has 0 saturated carbocycles. The number of nitrogens with one attached hydrogen (secondary N) is 2. The number of carbonyl (C=O) groups excluding carboxylic acids is 2. The van der Waals surface area contributed by atoms with Crippen molar-refractivity contribution in [1.29, 1.82) is 0 Å². The topological polar surface area (TPSA) is 136 Å². The fraction of sp³-hybridized carbons (Fsp3) is 0.303. The third kappa shape index (κ3) is 6.13. The number of anilines is 2. The van der Waals surface area contributed by atoms with Gasteiger partial charge in [-0.1, -0.05) is 0 Å². The lowest BCUT2D eigenvalue weighted by Gasteiger charge is -2.40. The molecule has 5 aromatic rings. The summed E-state index contributed by atoms with van der Waals surface area (Å²) in [6.45, 7) is 5.41. The van der Waals surface area contributed by atoms with Crippen LogP contribution in [0.1, 0.15) is 13.3 Å². The number of nitrogens with zero attached hydrogens (tertiary/aromatic N) is 8. The fourth-order valence-electron chi connectivity index (χ4n) is 6.20. The molecule has 234 valence electrons. The number of fused-ring (bicyclic) bond motifs is 1. The number of carbonyl (C=O) groups is 2. The van der Waals surface area contributed by atoms with Crippen molar-refractivity contribution in [1.82, 2.24) is 39.9 Å². The number of likely N-dealkylation sites (tertiary alicyclic amines) is 1. The van der Waals surface area contributed by atoms with Crippen LogP contribution in [0.4, 0.5) is 15.9 Å². The van der Waals surface area contributed by atoms with E-state index in [9.17, 15) is 14.0 Å². The summed E-state index contributed by atoms with van der Waals surface area (Å²) < 4.78 is 13.4. The second-order valence-electron chi connectivity index (χ2n) is 11.8. The summed E-state index contributed by atoms with van der Waals surface area (Å²) in [5.41, 5.74) is 3.57. The molecule has 0 aliphatic carbocycles. The van der Waals surface area contributed by atoms with Gasteiger partial charge in [0.15, 0.2) is 5.82 Å². The van der Waals surface area contributed by atoms with Gasteiger partial charge in [-0.3, -0.25) is 19.6 Å². The average molecular weight is 621 g/mol. The summed E-state index contributed by atoms with van der Waals surface area (Å²) in [6.07, 6.45) is 7.42. The van der Waals surface area contributed by atoms with Crippen LogP contribution < -0.4 is 10.2 Å². The van der Waals surface area contributed by atoms with Gasteiger partial charge in [0.05, 0.1) is 36.1 Å². The Morgan fingerprint density at radius 1 is 0.978 bits per heavy atom. The van der Waals surface area contributed by atoms with Crippen molar-refractivity contribution in [3.05, 3.63) is 79.1 Å². The molecule has 2 aliphatic rings. The first-order valence-corrected chi connectivity index (χ1v) is 15.3. The Morgan fingerprint density at radius 3 is 2.57 bits per heavy atom. The van der Waals surface area contributed by atoms with E-state index in [0.717, 1.165) is 22.3 Å². The van der Waals surface area contributed by atoms with Crippen molar-refractivity contribution in [3.63, 3.8) is 0 Å². The third-order valence-electron chi connectivity index (χ3n) is 8.65. The maximum atomic E-state index is 13.4. The molecular formula is C33H33FN10O2. The zero-order valence-electron chi connectivity index (χ0n) is 25.3. The van der Waals surface area contributed by atoms with Crippen LogP contribution in [-0.4, -0.2) is 97.1 Å². The highest BCUT2D eigenvalue weighted by molar-refractivity contribution is 5.99. The molecule has 3 aromatic heterocycles. The van der Waals surface area contributed by atoms with E-state index < -0.39 is 0 Å². The minimum absolute atomic E-state index is 0.000444. The minimum Gasteiger partial charge on any atom is -0.352 e. The van der Waals surface area contributed by atoms with Crippen molar-refractivity contribution in [2.75, 3.05) is 49.5 Å². The first-order valence-electron chi connectivity index (χ1n) is 15.3. The summed E-state index contributed by atoms with van der Waals surface area (Å²) in [4.78, 5) is 50.2. The van der Waals surface area contributed by atoms with E-state index in [0.29, 0.717) is 62.0 Å². The van der Waals surface area contributed by atoms with Crippen LogP contribution in [0.25, 0.3) is 33.7 Å². The lowest BCUT2D eigenvalue weighted by atomic mass is 10.1. The SMILES string of the molecule is C[C@@H]1CN(c2cnc(-c3ncccn3)cn2)CCN1C(=O)CN1CCC(C(=O)Nc2ccc3[nH]nc(-c4ccc(F)cc4)c3c2)C1. The molecule has 2 atom stereocenters. The monoisotopic (exact) mass is 620 g/mol. The average Bonchev–Trinajstić information content (AvgIpc) is 3.73. The summed E-state index contributed by atoms with van der Waals surface area (Å²) in [5, 5.41) is 11.3. The second-order valence-corrected chi connectivity index (χ2v) is 11.8. The number of hydrogen-bond acceptors (Lipinski definition) is 9. The smallest absolute Gasteiger partial charge is 0.237 e. The molecule has 2 aromatic carbocycles. The van der Waals surface area contributed by atoms with Gasteiger partial charge in [0.25, 0.3) is 0 Å². The summed E-state index contributed by atoms with van der Waals surface area (Å²) in [6, 6.07) is 13.5. The predicted molar refractivity (Wildman–Crippen MR) is 171 cm³/mol. The van der Waals surface area contributed by atoms with Crippen LogP contribution in [0.3, 0.4) is 0 Å². The molecule has 12 nitrogen and oxygen atoms in total. The first kappa shape index (κ1) is 29.4. The molecule has 2 N–H and O–H groups in total. The molecule has 2 aliphatic heterocycles. The second kappa shape index (κ2) is 12.6. The molecule has 2 fully saturated rings. The summed E-state index contributed by atoms with van der Waals surface area (Å²) in [7, 11) is 0. The Morgan fingerprint density at radius 2 is 1.80 bits per heavy atom. The Bertz CT molecular complexity index is 1850. The largest absolute Gasteiger partial charge is 0.352 e. The molecule has 7 rings (SSSR count). The number of aromatic nitrogens is 6. The first-order chi connectivity index (χ1) is 22.4. The Hall–Kier alpha value is -5.30. The highest BCUT2D eigenvalue weighted by Gasteiger charge is 2.33. The predicted octanol–water partition coefficient (Wildman–Crippen LogP) is 3.61. The van der Waals surface area contributed by atoms with Gasteiger partial charge in [-0.25, -0.2) is 24.3 Å². The lowest BCUT2D eigenvalue weighted by Crippen LogP contribution is -2.56. The van der Waals surface area contributed by atoms with E-state index in [1.165, 1.54) is 12.1 Å². The summed E-state index contributed by atoms with van der Waals surface area (Å²) in [5.74, 6) is 0.740. The molecule has 0 spiro atoms. The number of rotatable bonds is 7. The number of H-pyrrole nitrogens is 1. The Balaban J connectivity index is 0.917. The molecule has 0 radical (unpaired) electrons. The van der Waals surface area contributed by atoms with E-state index in [-0.39, 0.29) is 36.1 Å². The van der Waals surface area contributed by atoms with Crippen LogP contribution in [0.2, 0.25) is 0 Å². The maximum Gasteiger partial charge on any atom is 0.237 e. The molecule has 1 unspecified atom stereocenters. The molecule has 2 saturated heterocycles. The fourth-order valence-corrected chi connectivity index (χ4v) is 6.20. The maximum absolute atomic E-state index is 13.4. The number of benzene rings is 2. The third-order valence-corrected chi connectivity index (χ3v) is 8.65. The molecule has 2 amide bonds. The van der Waals surface area contributed by atoms with Gasteiger partial charge in [0.1, 0.15) is 17.3 Å². The zero-order chi connectivity index (χ0) is 31.6. The van der Waals surface area contributed by atoms with E-state index in [1.54, 1.807) is 43.0 Å². The van der Waals surface area contributed by atoms with Gasteiger partial charge in [0.2, 0.25) is 11.8 Å². The highest BCUT2D eigenvalue weighted by Crippen LogP contribution is 2.29. The number of halogens is 1. The number of amides is 2. The van der Waals surface area contributed by atoms with Crippen LogP contribution >= 0.6 is 0 Å². The molecule has 0 bridgehead atoms. The number of hydrogen-bond donors (Lipinski definition) is 2. The Labute approximate surface area is 264 Å². The highest BCUT2D eigenvalue weighted by atomic mass is 19.1. The Kier molecular flexibility index (Phi) is 8.06. The molecule has 13 heteroatoms. The normalized spacial score (nSPS) is 18.7. The standard InChI is InChI=1S/C33H33FN10O2/c1-21-18-43(29-17-37-28(16-38-29)32-35-10-2-11-36-32)13-14-44(21)30(45)20-42-12-9-23(19-42)33(46)39-25-7-8-27-26(15-25)31(41-40-27)22-3-5-24(34)6-4-22/h2-8,10-11,15-17,21,23H,9,12-14,18-20H2,1H3,(H,39,46)(H,40,41)/t21-,23?/m1/s1. The van der Waals surface area contributed by atoms with Gasteiger partial charge >= 0.3 is 0 Å². The zero-order valence-corrected chi connectivity index (χ0v) is 25.3. The van der Waals surface area contributed by atoms with Gasteiger partial charge in [-0.15, -0.1) is 0 Å². The van der Waals surface area contributed by atoms with Crippen LogP contribution in [-0.2, 0) is 9.59 Å². The van der Waals surface area contributed by atoms with Crippen LogP contribution in [0, 0.1) is 11.7 Å². The minimum atomic E-state index is -0.311. The molecule has 5 heterocycles. The van der Waals surface area contributed by atoms with Crippen molar-refractivity contribution in [2.45, 2.75) is 19.4 Å². The number of piperazine rings is 1. The van der Waals surface area contributed by atoms with Crippen molar-refractivity contribution in [2.24, 2.45) is 5.92 Å². The quantitative estimate of drug-likeness (QED) is 0.280. The molecular weight excluding hydrogens is 587 g/mol. The van der Waals surface area contributed by atoms with Gasteiger partial charge in [-0.2, -0.15) is 5.10 Å². The van der Waals surface area contributed by atoms with Crippen LogP contribution in [0.15, 0.2) is 73.3 Å². The van der Waals surface area contributed by atoms with Crippen molar-refractivity contribution in [3.8, 4) is 22.8 Å². The van der Waals surface area contributed by atoms with Gasteiger partial charge in [0, 0.05) is 61.3 Å². The van der Waals surface area contributed by atoms with Crippen molar-refractivity contribution < 1.29 is 14.0 Å². The van der Waals surface area contributed by atoms with Crippen molar-refractivity contribution >= 4 is 34.2 Å². The van der Waals surface area contributed by atoms with E-state index in [4.69, 9.17) is 0 Å². The molecule has 46 heavy (non-hydrogen) atoms. The van der Waals surface area contributed by atoms with Gasteiger partial charge < -0.3 is 15.1 Å². The number of aromatic amines is 1. The van der Waals surface area contributed by atoms with E-state index in [1.807, 2.05) is 30.0 Å². The van der Waals surface area contributed by atoms with E-state index >= 15 is 0 Å². The summed E-state index contributed by atoms with van der Waals surface area (Å²) >= 11 is 0. The van der Waals surface area contributed by atoms with Gasteiger partial charge in [-0.05, 0) is 68.4 Å². The lowest BCUT2D eigenvalue weighted by molar-refractivity contribution is -0.134.